The Kier molecular flexibility index (Phi) is 6.62. The second kappa shape index (κ2) is 8.70. The summed E-state index contributed by atoms with van der Waals surface area (Å²) in [5.41, 5.74) is 3.57. The van der Waals surface area contributed by atoms with Crippen LogP contribution in [0, 0.1) is 5.82 Å². The lowest BCUT2D eigenvalue weighted by atomic mass is 10.1. The fraction of sp³-hybridized carbons (Fsp3) is 0.176. The number of benzene rings is 2. The molecule has 0 aliphatic heterocycles. The minimum absolute atomic E-state index is 0.164. The molecule has 0 aromatic heterocycles. The molecular weight excluding hydrogens is 335 g/mol. The lowest BCUT2D eigenvalue weighted by Crippen LogP contribution is -2.20. The minimum atomic E-state index is -0.387. The third-order valence-corrected chi connectivity index (χ3v) is 4.20. The van der Waals surface area contributed by atoms with Crippen molar-refractivity contribution in [2.24, 2.45) is 5.10 Å². The van der Waals surface area contributed by atoms with Crippen LogP contribution in [0.2, 0.25) is 5.02 Å². The maximum atomic E-state index is 13.4. The van der Waals surface area contributed by atoms with Crippen LogP contribution in [0.3, 0.4) is 0 Å². The Labute approximate surface area is 143 Å². The molecule has 0 heterocycles. The number of hydrogen-bond donors (Lipinski definition) is 1. The van der Waals surface area contributed by atoms with Crippen molar-refractivity contribution in [1.82, 2.24) is 5.43 Å². The Morgan fingerprint density at radius 2 is 2.13 bits per heavy atom. The van der Waals surface area contributed by atoms with Gasteiger partial charge in [0.2, 0.25) is 5.91 Å². The van der Waals surface area contributed by atoms with Crippen LogP contribution in [0.5, 0.6) is 0 Å². The summed E-state index contributed by atoms with van der Waals surface area (Å²) in [6.07, 6.45) is 1.45. The van der Waals surface area contributed by atoms with Crippen LogP contribution in [0.1, 0.15) is 18.1 Å². The minimum Gasteiger partial charge on any atom is -0.273 e. The van der Waals surface area contributed by atoms with Gasteiger partial charge in [-0.15, -0.1) is 11.8 Å². The summed E-state index contributed by atoms with van der Waals surface area (Å²) in [5.74, 6) is 0.238. The van der Waals surface area contributed by atoms with Crippen molar-refractivity contribution in [3.63, 3.8) is 0 Å². The average molecular weight is 351 g/mol. The summed E-state index contributed by atoms with van der Waals surface area (Å²) in [5, 5.41) is 4.38. The molecule has 0 unspecified atom stereocenters. The van der Waals surface area contributed by atoms with E-state index in [1.54, 1.807) is 42.1 Å². The molecule has 0 saturated carbocycles. The van der Waals surface area contributed by atoms with Crippen molar-refractivity contribution < 1.29 is 9.18 Å². The molecule has 0 spiro atoms. The zero-order chi connectivity index (χ0) is 16.7. The SMILES string of the molecule is CCSc1ccc(Cl)cc1CC(=O)N/N=C\c1ccccc1F. The van der Waals surface area contributed by atoms with Gasteiger partial charge in [-0.2, -0.15) is 5.10 Å². The smallest absolute Gasteiger partial charge is 0.244 e. The first-order chi connectivity index (χ1) is 11.1. The predicted octanol–water partition coefficient (Wildman–Crippen LogP) is 4.28. The van der Waals surface area contributed by atoms with Gasteiger partial charge in [-0.05, 0) is 35.6 Å². The van der Waals surface area contributed by atoms with Crippen molar-refractivity contribution in [1.29, 1.82) is 0 Å². The molecule has 2 rings (SSSR count). The average Bonchev–Trinajstić information content (AvgIpc) is 2.52. The number of carbonyl (C=O) groups is 1. The standard InChI is InChI=1S/C17H16ClFN2OS/c1-2-23-16-8-7-14(18)9-13(16)10-17(22)21-20-11-12-5-3-4-6-15(12)19/h3-9,11H,2,10H2,1H3,(H,21,22)/b20-11-. The summed E-state index contributed by atoms with van der Waals surface area (Å²) >= 11 is 7.64. The normalized spacial score (nSPS) is 10.9. The number of thioether (sulfide) groups is 1. The lowest BCUT2D eigenvalue weighted by Gasteiger charge is -2.08. The van der Waals surface area contributed by atoms with Gasteiger partial charge in [0.1, 0.15) is 5.82 Å². The zero-order valence-corrected chi connectivity index (χ0v) is 14.1. The van der Waals surface area contributed by atoms with E-state index in [9.17, 15) is 9.18 Å². The molecule has 1 amide bonds. The summed E-state index contributed by atoms with van der Waals surface area (Å²) < 4.78 is 13.4. The molecule has 0 aliphatic rings. The van der Waals surface area contributed by atoms with Gasteiger partial charge in [0.05, 0.1) is 12.6 Å². The summed E-state index contributed by atoms with van der Waals surface area (Å²) in [4.78, 5) is 13.0. The van der Waals surface area contributed by atoms with Crippen molar-refractivity contribution in [3.05, 3.63) is 64.4 Å². The first-order valence-corrected chi connectivity index (χ1v) is 8.44. The Morgan fingerprint density at radius 3 is 2.87 bits per heavy atom. The molecule has 1 N–H and O–H groups in total. The fourth-order valence-corrected chi connectivity index (χ4v) is 2.94. The highest BCUT2D eigenvalue weighted by Gasteiger charge is 2.08. The molecular formula is C17H16ClFN2OS. The molecule has 0 atom stereocenters. The van der Waals surface area contributed by atoms with E-state index in [2.05, 4.69) is 10.5 Å². The van der Waals surface area contributed by atoms with Crippen LogP contribution in [0.4, 0.5) is 4.39 Å². The number of carbonyl (C=O) groups excluding carboxylic acids is 1. The van der Waals surface area contributed by atoms with Gasteiger partial charge in [0.15, 0.2) is 0 Å². The van der Waals surface area contributed by atoms with Gasteiger partial charge in [-0.25, -0.2) is 9.82 Å². The van der Waals surface area contributed by atoms with E-state index in [4.69, 9.17) is 11.6 Å². The molecule has 120 valence electrons. The number of nitrogens with zero attached hydrogens (tertiary/aromatic N) is 1. The monoisotopic (exact) mass is 350 g/mol. The Bertz CT molecular complexity index is 721. The lowest BCUT2D eigenvalue weighted by molar-refractivity contribution is -0.120. The molecule has 2 aromatic rings. The first-order valence-electron chi connectivity index (χ1n) is 7.07. The molecule has 0 fully saturated rings. The van der Waals surface area contributed by atoms with Crippen molar-refractivity contribution in [3.8, 4) is 0 Å². The van der Waals surface area contributed by atoms with Crippen LogP contribution in [0.25, 0.3) is 0 Å². The molecule has 3 nitrogen and oxygen atoms in total. The number of hydrogen-bond acceptors (Lipinski definition) is 3. The van der Waals surface area contributed by atoms with Gasteiger partial charge >= 0.3 is 0 Å². The highest BCUT2D eigenvalue weighted by Crippen LogP contribution is 2.26. The number of nitrogens with one attached hydrogen (secondary N) is 1. The third kappa shape index (κ3) is 5.37. The number of amides is 1. The van der Waals surface area contributed by atoms with Crippen molar-refractivity contribution >= 4 is 35.5 Å². The van der Waals surface area contributed by atoms with Crippen LogP contribution in [-0.2, 0) is 11.2 Å². The molecule has 0 aliphatic carbocycles. The summed E-state index contributed by atoms with van der Waals surface area (Å²) in [6.45, 7) is 2.04. The highest BCUT2D eigenvalue weighted by atomic mass is 35.5. The topological polar surface area (TPSA) is 41.5 Å². The number of rotatable bonds is 6. The zero-order valence-electron chi connectivity index (χ0n) is 12.6. The first kappa shape index (κ1) is 17.5. The Balaban J connectivity index is 2.00. The number of halogens is 2. The van der Waals surface area contributed by atoms with Gasteiger partial charge in [-0.1, -0.05) is 36.7 Å². The van der Waals surface area contributed by atoms with Crippen molar-refractivity contribution in [2.75, 3.05) is 5.75 Å². The van der Waals surface area contributed by atoms with Gasteiger partial charge in [0, 0.05) is 15.5 Å². The Hall–Kier alpha value is -1.85. The summed E-state index contributed by atoms with van der Waals surface area (Å²) in [7, 11) is 0. The molecule has 23 heavy (non-hydrogen) atoms. The molecule has 2 aromatic carbocycles. The largest absolute Gasteiger partial charge is 0.273 e. The maximum absolute atomic E-state index is 13.4. The van der Waals surface area contributed by atoms with E-state index in [-0.39, 0.29) is 18.1 Å². The second-order valence-electron chi connectivity index (χ2n) is 4.68. The quantitative estimate of drug-likeness (QED) is 0.480. The van der Waals surface area contributed by atoms with E-state index in [1.165, 1.54) is 12.3 Å². The van der Waals surface area contributed by atoms with Crippen LogP contribution >= 0.6 is 23.4 Å². The maximum Gasteiger partial charge on any atom is 0.244 e. The second-order valence-corrected chi connectivity index (χ2v) is 6.42. The molecule has 0 radical (unpaired) electrons. The Morgan fingerprint density at radius 1 is 1.35 bits per heavy atom. The number of hydrazone groups is 1. The van der Waals surface area contributed by atoms with E-state index in [0.29, 0.717) is 10.6 Å². The summed E-state index contributed by atoms with van der Waals surface area (Å²) in [6, 6.07) is 11.7. The molecule has 0 saturated heterocycles. The molecule has 6 heteroatoms. The molecule has 0 bridgehead atoms. The van der Waals surface area contributed by atoms with E-state index < -0.39 is 0 Å². The van der Waals surface area contributed by atoms with E-state index >= 15 is 0 Å². The van der Waals surface area contributed by atoms with Crippen molar-refractivity contribution in [2.45, 2.75) is 18.2 Å². The van der Waals surface area contributed by atoms with Crippen LogP contribution in [-0.4, -0.2) is 17.9 Å². The van der Waals surface area contributed by atoms with Crippen LogP contribution < -0.4 is 5.43 Å². The van der Waals surface area contributed by atoms with Crippen LogP contribution in [0.15, 0.2) is 52.5 Å². The third-order valence-electron chi connectivity index (χ3n) is 2.97. The fourth-order valence-electron chi connectivity index (χ4n) is 1.95. The van der Waals surface area contributed by atoms with E-state index in [1.807, 2.05) is 13.0 Å². The van der Waals surface area contributed by atoms with Gasteiger partial charge in [-0.3, -0.25) is 4.79 Å². The highest BCUT2D eigenvalue weighted by molar-refractivity contribution is 7.99. The predicted molar refractivity (Wildman–Crippen MR) is 93.7 cm³/mol. The van der Waals surface area contributed by atoms with E-state index in [0.717, 1.165) is 16.2 Å². The van der Waals surface area contributed by atoms with Gasteiger partial charge in [0.25, 0.3) is 0 Å². The van der Waals surface area contributed by atoms with Gasteiger partial charge < -0.3 is 0 Å².